The van der Waals surface area contributed by atoms with Gasteiger partial charge in [0.05, 0.1) is 22.6 Å². The lowest BCUT2D eigenvalue weighted by atomic mass is 10.1. The number of carbonyl (C=O) groups is 2. The van der Waals surface area contributed by atoms with E-state index in [9.17, 15) is 9.59 Å². The zero-order valence-corrected chi connectivity index (χ0v) is 18.4. The first-order valence-corrected chi connectivity index (χ1v) is 10.1. The summed E-state index contributed by atoms with van der Waals surface area (Å²) in [4.78, 5) is 33.8. The van der Waals surface area contributed by atoms with Gasteiger partial charge in [-0.2, -0.15) is 0 Å². The maximum atomic E-state index is 13.4. The van der Waals surface area contributed by atoms with Gasteiger partial charge in [0, 0.05) is 7.05 Å². The number of likely N-dealkylation sites (N-methyl/N-ethyl adjacent to an activating group) is 1. The lowest BCUT2D eigenvalue weighted by Crippen LogP contribution is -2.63. The molecule has 0 spiro atoms. The maximum Gasteiger partial charge on any atom is 0.402 e. The second-order valence-corrected chi connectivity index (χ2v) is 8.51. The van der Waals surface area contributed by atoms with E-state index in [1.54, 1.807) is 25.2 Å². The van der Waals surface area contributed by atoms with Crippen molar-refractivity contribution in [1.82, 2.24) is 14.4 Å². The van der Waals surface area contributed by atoms with Crippen molar-refractivity contribution in [3.63, 3.8) is 0 Å². The van der Waals surface area contributed by atoms with Crippen molar-refractivity contribution in [3.05, 3.63) is 45.2 Å². The molecule has 0 radical (unpaired) electrons. The van der Waals surface area contributed by atoms with Gasteiger partial charge in [-0.05, 0) is 45.4 Å². The molecule has 3 amide bonds. The van der Waals surface area contributed by atoms with Crippen LogP contribution in [0.15, 0.2) is 23.2 Å². The summed E-state index contributed by atoms with van der Waals surface area (Å²) in [5.41, 5.74) is 2.75. The normalized spacial score (nSPS) is 18.5. The van der Waals surface area contributed by atoms with Crippen LogP contribution in [0.2, 0.25) is 10.0 Å². The smallest absolute Gasteiger partial charge is 0.270 e. The molecule has 2 aromatic rings. The molecule has 0 aliphatic carbocycles. The number of carbonyl (C=O) groups excluding carboxylic acids is 2. The average Bonchev–Trinajstić information content (AvgIpc) is 3.15. The molecule has 4 rings (SSSR count). The van der Waals surface area contributed by atoms with Crippen molar-refractivity contribution < 1.29 is 14.2 Å². The van der Waals surface area contributed by atoms with Gasteiger partial charge in [0.2, 0.25) is 11.9 Å². The second kappa shape index (κ2) is 6.85. The molecule has 152 valence electrons. The number of nitrogens with zero attached hydrogens (tertiary/aromatic N) is 5. The van der Waals surface area contributed by atoms with Gasteiger partial charge in [0.15, 0.2) is 0 Å². The Hall–Kier alpha value is -2.38. The Labute approximate surface area is 179 Å². The quantitative estimate of drug-likeness (QED) is 0.686. The summed E-state index contributed by atoms with van der Waals surface area (Å²) in [6, 6.07) is 4.20. The summed E-state index contributed by atoms with van der Waals surface area (Å²) < 4.78 is 4.02. The van der Waals surface area contributed by atoms with Crippen molar-refractivity contribution >= 4 is 46.9 Å². The largest absolute Gasteiger partial charge is 0.402 e. The topological polar surface area (TPSA) is 61.8 Å². The molecule has 0 N–H and O–H groups in total. The van der Waals surface area contributed by atoms with Gasteiger partial charge in [0.25, 0.3) is 5.91 Å². The minimum Gasteiger partial charge on any atom is -0.270 e. The highest BCUT2D eigenvalue weighted by molar-refractivity contribution is 6.42. The van der Waals surface area contributed by atoms with Gasteiger partial charge >= 0.3 is 12.0 Å². The number of hydrogen-bond acceptors (Lipinski definition) is 3. The van der Waals surface area contributed by atoms with Crippen LogP contribution in [0.5, 0.6) is 0 Å². The molecule has 2 aliphatic rings. The number of benzene rings is 1. The zero-order valence-electron chi connectivity index (χ0n) is 16.9. The molecular weight excluding hydrogens is 413 g/mol. The third-order valence-electron chi connectivity index (χ3n) is 5.60. The van der Waals surface area contributed by atoms with E-state index >= 15 is 0 Å². The van der Waals surface area contributed by atoms with Crippen LogP contribution in [-0.4, -0.2) is 39.2 Å². The van der Waals surface area contributed by atoms with E-state index in [0.717, 1.165) is 17.0 Å². The summed E-state index contributed by atoms with van der Waals surface area (Å²) in [6.07, 6.45) is 0. The Bertz CT molecular complexity index is 1090. The fraction of sp³-hybridized carbons (Fsp3) is 0.400. The zero-order chi connectivity index (χ0) is 21.2. The van der Waals surface area contributed by atoms with Crippen molar-refractivity contribution in [1.29, 1.82) is 0 Å². The predicted octanol–water partition coefficient (Wildman–Crippen LogP) is 3.96. The number of amidine groups is 1. The molecule has 0 saturated carbocycles. The van der Waals surface area contributed by atoms with Gasteiger partial charge in [-0.3, -0.25) is 14.6 Å². The number of urea groups is 1. The van der Waals surface area contributed by atoms with E-state index in [1.165, 1.54) is 9.80 Å². The van der Waals surface area contributed by atoms with Crippen LogP contribution < -0.4 is 4.57 Å². The number of aromatic nitrogens is 2. The fourth-order valence-corrected chi connectivity index (χ4v) is 4.37. The highest BCUT2D eigenvalue weighted by atomic mass is 35.5. The van der Waals surface area contributed by atoms with E-state index < -0.39 is 12.1 Å². The van der Waals surface area contributed by atoms with Crippen LogP contribution in [0, 0.1) is 13.8 Å². The maximum absolute atomic E-state index is 13.4. The number of amides is 3. The molecule has 7 nitrogen and oxygen atoms in total. The molecule has 9 heteroatoms. The lowest BCUT2D eigenvalue weighted by molar-refractivity contribution is -0.683. The first-order chi connectivity index (χ1) is 13.6. The Morgan fingerprint density at radius 2 is 1.86 bits per heavy atom. The fourth-order valence-electron chi connectivity index (χ4n) is 4.05. The SMILES string of the molecule is Cc1c(C)[n+]2c(n1C(C)C)N=C1C2C(=O)N(Cc2ccc(Cl)c(Cl)c2)C(=O)N1C. The summed E-state index contributed by atoms with van der Waals surface area (Å²) in [7, 11) is 1.65. The Balaban J connectivity index is 1.77. The number of rotatable bonds is 3. The number of fused-ring (bicyclic) bond motifs is 3. The van der Waals surface area contributed by atoms with E-state index in [1.807, 2.05) is 18.4 Å². The van der Waals surface area contributed by atoms with Gasteiger partial charge < -0.3 is 0 Å². The van der Waals surface area contributed by atoms with Crippen molar-refractivity contribution in [2.45, 2.75) is 46.3 Å². The third-order valence-corrected chi connectivity index (χ3v) is 6.34. The number of halogens is 2. The Morgan fingerprint density at radius 1 is 1.17 bits per heavy atom. The predicted molar refractivity (Wildman–Crippen MR) is 111 cm³/mol. The van der Waals surface area contributed by atoms with Crippen molar-refractivity contribution in [3.8, 4) is 0 Å². The number of aliphatic imine (C=N–C) groups is 1. The highest BCUT2D eigenvalue weighted by Crippen LogP contribution is 2.33. The van der Waals surface area contributed by atoms with Crippen LogP contribution in [0.1, 0.15) is 42.9 Å². The third kappa shape index (κ3) is 2.87. The van der Waals surface area contributed by atoms with Gasteiger partial charge in [-0.1, -0.05) is 34.3 Å². The minimum absolute atomic E-state index is 0.113. The average molecular weight is 435 g/mol. The second-order valence-electron chi connectivity index (χ2n) is 7.69. The molecule has 1 atom stereocenters. The molecule has 1 aromatic carbocycles. The Kier molecular flexibility index (Phi) is 4.70. The van der Waals surface area contributed by atoms with E-state index in [4.69, 9.17) is 23.2 Å². The molecule has 1 saturated heterocycles. The molecule has 3 heterocycles. The monoisotopic (exact) mass is 434 g/mol. The molecule has 0 bridgehead atoms. The van der Waals surface area contributed by atoms with E-state index in [0.29, 0.717) is 21.8 Å². The van der Waals surface area contributed by atoms with Crippen LogP contribution in [0.3, 0.4) is 0 Å². The summed E-state index contributed by atoms with van der Waals surface area (Å²) >= 11 is 12.1. The minimum atomic E-state index is -0.658. The lowest BCUT2D eigenvalue weighted by Gasteiger charge is -2.33. The molecular formula is C20H22Cl2N5O2+. The van der Waals surface area contributed by atoms with Gasteiger partial charge in [-0.15, -0.1) is 0 Å². The van der Waals surface area contributed by atoms with E-state index in [2.05, 4.69) is 23.4 Å². The van der Waals surface area contributed by atoms with Crippen LogP contribution in [-0.2, 0) is 11.3 Å². The van der Waals surface area contributed by atoms with Crippen molar-refractivity contribution in [2.75, 3.05) is 7.05 Å². The number of imidazole rings is 1. The first-order valence-electron chi connectivity index (χ1n) is 9.38. The van der Waals surface area contributed by atoms with Crippen LogP contribution in [0.25, 0.3) is 0 Å². The van der Waals surface area contributed by atoms with Gasteiger partial charge in [-0.25, -0.2) is 13.9 Å². The summed E-state index contributed by atoms with van der Waals surface area (Å²) in [5, 5.41) is 0.810. The first kappa shape index (κ1) is 19.9. The van der Waals surface area contributed by atoms with Crippen LogP contribution >= 0.6 is 23.2 Å². The summed E-state index contributed by atoms with van der Waals surface area (Å²) in [6.45, 7) is 8.25. The standard InChI is InChI=1S/C20H22Cl2N5O2/c1-10(2)26-11(3)12(4)27-16-17(23-19(26)27)24(5)20(29)25(18(16)28)9-13-6-7-14(21)15(22)8-13/h6-8,10,16H,9H2,1-5H3/q+1. The van der Waals surface area contributed by atoms with Crippen molar-refractivity contribution in [2.24, 2.45) is 4.99 Å². The Morgan fingerprint density at radius 3 is 2.48 bits per heavy atom. The summed E-state index contributed by atoms with van der Waals surface area (Å²) in [5.74, 6) is 0.850. The molecule has 2 aliphatic heterocycles. The number of hydrogen-bond donors (Lipinski definition) is 0. The van der Waals surface area contributed by atoms with Crippen LogP contribution in [0.4, 0.5) is 10.7 Å². The number of imide groups is 1. The highest BCUT2D eigenvalue weighted by Gasteiger charge is 2.54. The molecule has 1 fully saturated rings. The molecule has 1 aromatic heterocycles. The molecule has 29 heavy (non-hydrogen) atoms. The van der Waals surface area contributed by atoms with Gasteiger partial charge in [0.1, 0.15) is 11.4 Å². The molecule has 1 unspecified atom stereocenters. The van der Waals surface area contributed by atoms with E-state index in [-0.39, 0.29) is 18.5 Å².